The Morgan fingerprint density at radius 3 is 2.42 bits per heavy atom. The van der Waals surface area contributed by atoms with Crippen LogP contribution in [0.25, 0.3) is 16.8 Å². The first-order chi connectivity index (χ1) is 18.4. The van der Waals surface area contributed by atoms with E-state index in [0.717, 1.165) is 37.4 Å². The molecule has 1 saturated heterocycles. The van der Waals surface area contributed by atoms with Gasteiger partial charge in [-0.05, 0) is 105 Å². The van der Waals surface area contributed by atoms with Gasteiger partial charge in [-0.25, -0.2) is 0 Å². The zero-order valence-electron chi connectivity index (χ0n) is 20.4. The van der Waals surface area contributed by atoms with Crippen molar-refractivity contribution in [2.75, 3.05) is 6.61 Å². The summed E-state index contributed by atoms with van der Waals surface area (Å²) >= 11 is 9.10. The Morgan fingerprint density at radius 1 is 0.921 bits per heavy atom. The minimum Gasteiger partial charge on any atom is -0.490 e. The molecule has 0 spiro atoms. The van der Waals surface area contributed by atoms with Crippen LogP contribution in [0.1, 0.15) is 23.6 Å². The van der Waals surface area contributed by atoms with Gasteiger partial charge in [-0.1, -0.05) is 60.1 Å². The number of thioether (sulfide) groups is 1. The molecule has 5 rings (SSSR count). The summed E-state index contributed by atoms with van der Waals surface area (Å²) in [6, 6.07) is 25.4. The number of ether oxygens (including phenoxy) is 2. The van der Waals surface area contributed by atoms with Crippen LogP contribution in [0.3, 0.4) is 0 Å². The van der Waals surface area contributed by atoms with E-state index >= 15 is 0 Å². The number of fused-ring (bicyclic) bond motifs is 1. The van der Waals surface area contributed by atoms with Crippen molar-refractivity contribution < 1.29 is 19.1 Å². The fourth-order valence-electron chi connectivity index (χ4n) is 4.12. The molecule has 0 radical (unpaired) electrons. The number of nitrogens with zero attached hydrogens (tertiary/aromatic N) is 1. The molecule has 1 heterocycles. The number of halogens is 2. The first kappa shape index (κ1) is 26.6. The molecule has 4 aromatic rings. The maximum Gasteiger partial charge on any atom is 0.293 e. The van der Waals surface area contributed by atoms with Gasteiger partial charge in [0.25, 0.3) is 11.1 Å². The van der Waals surface area contributed by atoms with Gasteiger partial charge in [0.05, 0.1) is 21.6 Å². The van der Waals surface area contributed by atoms with E-state index in [2.05, 4.69) is 52.9 Å². The third kappa shape index (κ3) is 6.00. The van der Waals surface area contributed by atoms with Crippen LogP contribution in [-0.4, -0.2) is 22.7 Å². The predicted molar refractivity (Wildman–Crippen MR) is 162 cm³/mol. The van der Waals surface area contributed by atoms with Crippen LogP contribution in [0.2, 0.25) is 5.02 Å². The van der Waals surface area contributed by atoms with Crippen LogP contribution in [0.4, 0.5) is 4.79 Å². The Bertz CT molecular complexity index is 1550. The first-order valence-corrected chi connectivity index (χ1v) is 14.2. The smallest absolute Gasteiger partial charge is 0.293 e. The van der Waals surface area contributed by atoms with Gasteiger partial charge in [0, 0.05) is 5.02 Å². The Labute approximate surface area is 243 Å². The Kier molecular flexibility index (Phi) is 8.26. The van der Waals surface area contributed by atoms with Crippen LogP contribution in [0.15, 0.2) is 83.8 Å². The minimum atomic E-state index is -0.320. The summed E-state index contributed by atoms with van der Waals surface area (Å²) < 4.78 is 13.0. The summed E-state index contributed by atoms with van der Waals surface area (Å²) in [6.45, 7) is 2.96. The second-order valence-corrected chi connectivity index (χ2v) is 11.2. The van der Waals surface area contributed by atoms with Crippen molar-refractivity contribution >= 4 is 73.9 Å². The Morgan fingerprint density at radius 2 is 1.66 bits per heavy atom. The van der Waals surface area contributed by atoms with E-state index in [1.54, 1.807) is 18.2 Å². The van der Waals surface area contributed by atoms with Gasteiger partial charge in [0.2, 0.25) is 0 Å². The lowest BCUT2D eigenvalue weighted by molar-refractivity contribution is -0.123. The number of amides is 2. The summed E-state index contributed by atoms with van der Waals surface area (Å²) in [7, 11) is 0. The summed E-state index contributed by atoms with van der Waals surface area (Å²) in [5, 5.41) is 2.65. The SMILES string of the molecule is CCOc1cc(/C=C2\SC(=O)N(Cc3ccc(Cl)cc3)C2=O)cc(I)c1OCc1ccc2ccccc2c1. The molecule has 4 aromatic carbocycles. The molecule has 1 aliphatic rings. The van der Waals surface area contributed by atoms with E-state index in [-0.39, 0.29) is 17.7 Å². The second-order valence-electron chi connectivity index (χ2n) is 8.63. The third-order valence-electron chi connectivity index (χ3n) is 5.95. The number of benzene rings is 4. The lowest BCUT2D eigenvalue weighted by Gasteiger charge is -2.15. The minimum absolute atomic E-state index is 0.197. The van der Waals surface area contributed by atoms with Crippen molar-refractivity contribution in [2.45, 2.75) is 20.1 Å². The molecule has 0 unspecified atom stereocenters. The highest BCUT2D eigenvalue weighted by Crippen LogP contribution is 2.38. The molecule has 0 saturated carbocycles. The highest BCUT2D eigenvalue weighted by atomic mass is 127. The number of carbonyl (C=O) groups excluding carboxylic acids is 2. The molecule has 192 valence electrons. The van der Waals surface area contributed by atoms with Gasteiger partial charge in [0.1, 0.15) is 6.61 Å². The lowest BCUT2D eigenvalue weighted by atomic mass is 10.1. The molecule has 1 aliphatic heterocycles. The number of hydrogen-bond donors (Lipinski definition) is 0. The van der Waals surface area contributed by atoms with Crippen molar-refractivity contribution in [1.82, 2.24) is 4.90 Å². The molecule has 0 N–H and O–H groups in total. The van der Waals surface area contributed by atoms with E-state index < -0.39 is 0 Å². The van der Waals surface area contributed by atoms with Crippen LogP contribution in [0, 0.1) is 3.57 Å². The molecule has 5 nitrogen and oxygen atoms in total. The number of carbonyl (C=O) groups is 2. The van der Waals surface area contributed by atoms with E-state index in [0.29, 0.717) is 34.6 Å². The molecule has 8 heteroatoms. The van der Waals surface area contributed by atoms with Crippen molar-refractivity contribution in [2.24, 2.45) is 0 Å². The predicted octanol–water partition coefficient (Wildman–Crippen LogP) is 8.31. The zero-order valence-corrected chi connectivity index (χ0v) is 24.2. The van der Waals surface area contributed by atoms with Crippen molar-refractivity contribution in [3.8, 4) is 11.5 Å². The van der Waals surface area contributed by atoms with Gasteiger partial charge < -0.3 is 9.47 Å². The standard InChI is InChI=1S/C30H23ClINO4S/c1-2-36-26-15-21(16-27-29(34)33(30(35)38-27)17-19-8-11-24(31)12-9-19)14-25(32)28(26)37-18-20-7-10-22-5-3-4-6-23(22)13-20/h3-16H,2,17-18H2,1H3/b27-16-. The van der Waals surface area contributed by atoms with Crippen LogP contribution < -0.4 is 9.47 Å². The second kappa shape index (κ2) is 11.8. The molecule has 0 atom stereocenters. The number of hydrogen-bond acceptors (Lipinski definition) is 5. The normalized spacial score (nSPS) is 14.5. The molecular formula is C30H23ClINO4S. The van der Waals surface area contributed by atoms with Gasteiger partial charge in [-0.2, -0.15) is 0 Å². The maximum atomic E-state index is 13.0. The number of rotatable bonds is 8. The molecule has 0 aromatic heterocycles. The molecule has 2 amide bonds. The highest BCUT2D eigenvalue weighted by Gasteiger charge is 2.35. The van der Waals surface area contributed by atoms with Crippen LogP contribution >= 0.6 is 46.0 Å². The quantitative estimate of drug-likeness (QED) is 0.141. The van der Waals surface area contributed by atoms with E-state index in [9.17, 15) is 9.59 Å². The van der Waals surface area contributed by atoms with Gasteiger partial charge in [0.15, 0.2) is 11.5 Å². The van der Waals surface area contributed by atoms with Crippen molar-refractivity contribution in [3.63, 3.8) is 0 Å². The fourth-order valence-corrected chi connectivity index (χ4v) is 5.86. The molecule has 0 aliphatic carbocycles. The largest absolute Gasteiger partial charge is 0.490 e. The van der Waals surface area contributed by atoms with Gasteiger partial charge in [-0.3, -0.25) is 14.5 Å². The topological polar surface area (TPSA) is 55.8 Å². The summed E-state index contributed by atoms with van der Waals surface area (Å²) in [6.07, 6.45) is 1.73. The van der Waals surface area contributed by atoms with E-state index in [4.69, 9.17) is 21.1 Å². The average molecular weight is 656 g/mol. The van der Waals surface area contributed by atoms with Gasteiger partial charge >= 0.3 is 0 Å². The van der Waals surface area contributed by atoms with Gasteiger partial charge in [-0.15, -0.1) is 0 Å². The lowest BCUT2D eigenvalue weighted by Crippen LogP contribution is -2.27. The summed E-state index contributed by atoms with van der Waals surface area (Å²) in [4.78, 5) is 27.3. The van der Waals surface area contributed by atoms with Crippen LogP contribution in [0.5, 0.6) is 11.5 Å². The fraction of sp³-hybridized carbons (Fsp3) is 0.133. The highest BCUT2D eigenvalue weighted by molar-refractivity contribution is 14.1. The molecule has 0 bridgehead atoms. The van der Waals surface area contributed by atoms with E-state index in [1.165, 1.54) is 10.3 Å². The van der Waals surface area contributed by atoms with Crippen molar-refractivity contribution in [1.29, 1.82) is 0 Å². The number of imide groups is 1. The Hall–Kier alpha value is -3.01. The maximum absolute atomic E-state index is 13.0. The average Bonchev–Trinajstić information content (AvgIpc) is 3.16. The third-order valence-corrected chi connectivity index (χ3v) is 7.91. The molecular weight excluding hydrogens is 633 g/mol. The van der Waals surface area contributed by atoms with Crippen LogP contribution in [-0.2, 0) is 17.9 Å². The zero-order chi connectivity index (χ0) is 26.6. The Balaban J connectivity index is 1.35. The van der Waals surface area contributed by atoms with Crippen molar-refractivity contribution in [3.05, 3.63) is 109 Å². The monoisotopic (exact) mass is 655 g/mol. The first-order valence-electron chi connectivity index (χ1n) is 12.0. The van der Waals surface area contributed by atoms with E-state index in [1.807, 2.05) is 43.3 Å². The summed E-state index contributed by atoms with van der Waals surface area (Å²) in [5.41, 5.74) is 2.65. The summed E-state index contributed by atoms with van der Waals surface area (Å²) in [5.74, 6) is 0.917. The molecule has 1 fully saturated rings. The molecule has 38 heavy (non-hydrogen) atoms.